The van der Waals surface area contributed by atoms with Crippen LogP contribution >= 0.6 is 15.9 Å². The van der Waals surface area contributed by atoms with Crippen LogP contribution in [0, 0.1) is 0 Å². The molecule has 0 fully saturated rings. The Hall–Kier alpha value is 0.130. The summed E-state index contributed by atoms with van der Waals surface area (Å²) in [7, 11) is -10.5. The van der Waals surface area contributed by atoms with Crippen molar-refractivity contribution in [1.82, 2.24) is 0 Å². The molecule has 1 unspecified atom stereocenters. The summed E-state index contributed by atoms with van der Waals surface area (Å²) in [5.41, 5.74) is 0. The molecule has 0 spiro atoms. The topological polar surface area (TPSA) is 72.8 Å². The Kier molecular flexibility index (Phi) is 5.93. The number of rotatable bonds is 7. The minimum atomic E-state index is -5.47. The zero-order chi connectivity index (χ0) is 11.2. The van der Waals surface area contributed by atoms with Crippen molar-refractivity contribution in [2.75, 3.05) is 13.2 Å². The van der Waals surface area contributed by atoms with Crippen LogP contribution in [0.15, 0.2) is 0 Å². The number of hydrogen-bond acceptors (Lipinski definition) is 4. The van der Waals surface area contributed by atoms with E-state index in [-0.39, 0.29) is 12.8 Å². The first kappa shape index (κ1) is 14.1. The highest BCUT2D eigenvalue weighted by Crippen LogP contribution is 2.50. The SMILES string of the molecule is O=P(O)(F)OCCCCOP(=O)(F)F. The molecule has 0 amide bonds. The van der Waals surface area contributed by atoms with Crippen molar-refractivity contribution in [3.8, 4) is 0 Å². The van der Waals surface area contributed by atoms with Gasteiger partial charge in [-0.3, -0.25) is 13.9 Å². The summed E-state index contributed by atoms with van der Waals surface area (Å²) in [5.74, 6) is 0. The molecule has 0 radical (unpaired) electrons. The highest BCUT2D eigenvalue weighted by molar-refractivity contribution is 7.47. The number of hydrogen-bond donors (Lipinski definition) is 1. The normalized spacial score (nSPS) is 16.6. The molecule has 14 heavy (non-hydrogen) atoms. The van der Waals surface area contributed by atoms with Crippen LogP contribution in [0.1, 0.15) is 12.8 Å². The molecule has 0 aliphatic carbocycles. The molecule has 0 aliphatic heterocycles. The quantitative estimate of drug-likeness (QED) is 0.560. The highest BCUT2D eigenvalue weighted by atomic mass is 31.2. The molecule has 1 N–H and O–H groups in total. The molecule has 0 saturated carbocycles. The average molecular weight is 256 g/mol. The fourth-order valence-electron chi connectivity index (χ4n) is 0.552. The molecule has 5 nitrogen and oxygen atoms in total. The van der Waals surface area contributed by atoms with E-state index in [0.29, 0.717) is 0 Å². The van der Waals surface area contributed by atoms with E-state index >= 15 is 0 Å². The van der Waals surface area contributed by atoms with Gasteiger partial charge in [0.2, 0.25) is 0 Å². The molecule has 0 aliphatic rings. The van der Waals surface area contributed by atoms with Gasteiger partial charge in [-0.2, -0.15) is 0 Å². The van der Waals surface area contributed by atoms with Crippen molar-refractivity contribution in [2.45, 2.75) is 12.8 Å². The maximum absolute atomic E-state index is 11.8. The maximum atomic E-state index is 11.8. The largest absolute Gasteiger partial charge is 0.551 e. The lowest BCUT2D eigenvalue weighted by atomic mass is 10.3. The van der Waals surface area contributed by atoms with Crippen LogP contribution in [0.25, 0.3) is 0 Å². The molecule has 0 aromatic heterocycles. The first-order valence-corrected chi connectivity index (χ1v) is 6.39. The molecular formula is C4H9F3O5P2. The monoisotopic (exact) mass is 256 g/mol. The molecule has 0 bridgehead atoms. The van der Waals surface area contributed by atoms with Crippen LogP contribution < -0.4 is 0 Å². The van der Waals surface area contributed by atoms with Gasteiger partial charge in [-0.1, -0.05) is 0 Å². The molecule has 1 atom stereocenters. The second-order valence-electron chi connectivity index (χ2n) is 2.24. The fraction of sp³-hybridized carbons (Fsp3) is 1.00. The van der Waals surface area contributed by atoms with Crippen molar-refractivity contribution in [3.05, 3.63) is 0 Å². The molecule has 0 rings (SSSR count). The molecule has 0 aromatic carbocycles. The summed E-state index contributed by atoms with van der Waals surface area (Å²) in [5, 5.41) is 0. The third-order valence-corrected chi connectivity index (χ3v) is 2.01. The predicted octanol–water partition coefficient (Wildman–Crippen LogP) is 2.92. The van der Waals surface area contributed by atoms with E-state index in [1.54, 1.807) is 0 Å². The van der Waals surface area contributed by atoms with Crippen molar-refractivity contribution in [1.29, 1.82) is 0 Å². The van der Waals surface area contributed by atoms with Gasteiger partial charge < -0.3 is 0 Å². The Labute approximate surface area is 78.6 Å². The summed E-state index contributed by atoms with van der Waals surface area (Å²) >= 11 is 0. The lowest BCUT2D eigenvalue weighted by Crippen LogP contribution is -1.94. The standard InChI is InChI=1S/C4H9F3O5P2/c5-13(6,8)11-3-1-2-4-12-14(7,9)10/h1-4H2,(H,9,10). The smallest absolute Gasteiger partial charge is 0.299 e. The van der Waals surface area contributed by atoms with Gasteiger partial charge in [0.1, 0.15) is 0 Å². The van der Waals surface area contributed by atoms with Gasteiger partial charge in [0.25, 0.3) is 0 Å². The van der Waals surface area contributed by atoms with Crippen LogP contribution in [-0.4, -0.2) is 18.1 Å². The van der Waals surface area contributed by atoms with Gasteiger partial charge in [0.05, 0.1) is 13.2 Å². The maximum Gasteiger partial charge on any atom is 0.551 e. The predicted molar refractivity (Wildman–Crippen MR) is 41.9 cm³/mol. The van der Waals surface area contributed by atoms with Crippen LogP contribution in [0.2, 0.25) is 0 Å². The van der Waals surface area contributed by atoms with E-state index in [1.807, 2.05) is 0 Å². The zero-order valence-electron chi connectivity index (χ0n) is 6.94. The van der Waals surface area contributed by atoms with E-state index < -0.39 is 29.1 Å². The Morgan fingerprint density at radius 2 is 1.43 bits per heavy atom. The highest BCUT2D eigenvalue weighted by Gasteiger charge is 2.20. The first-order chi connectivity index (χ1) is 6.21. The van der Waals surface area contributed by atoms with Gasteiger partial charge in [-0.25, -0.2) is 9.13 Å². The van der Waals surface area contributed by atoms with E-state index in [4.69, 9.17) is 4.89 Å². The van der Waals surface area contributed by atoms with Crippen molar-refractivity contribution >= 4 is 15.9 Å². The van der Waals surface area contributed by atoms with Crippen molar-refractivity contribution in [2.24, 2.45) is 0 Å². The molecule has 86 valence electrons. The van der Waals surface area contributed by atoms with Crippen LogP contribution in [0.5, 0.6) is 0 Å². The minimum Gasteiger partial charge on any atom is -0.299 e. The summed E-state index contributed by atoms with van der Waals surface area (Å²) in [6, 6.07) is 0. The van der Waals surface area contributed by atoms with Crippen molar-refractivity contribution in [3.63, 3.8) is 0 Å². The molecule has 0 aromatic rings. The second-order valence-corrected chi connectivity index (χ2v) is 4.49. The van der Waals surface area contributed by atoms with E-state index in [2.05, 4.69) is 9.05 Å². The van der Waals surface area contributed by atoms with E-state index in [9.17, 15) is 21.7 Å². The van der Waals surface area contributed by atoms with Gasteiger partial charge >= 0.3 is 15.9 Å². The molecule has 0 saturated heterocycles. The summed E-state index contributed by atoms with van der Waals surface area (Å²) in [4.78, 5) is 7.97. The first-order valence-electron chi connectivity index (χ1n) is 3.51. The van der Waals surface area contributed by atoms with E-state index in [1.165, 1.54) is 0 Å². The molecular weight excluding hydrogens is 247 g/mol. The summed E-state index contributed by atoms with van der Waals surface area (Å²) < 4.78 is 61.9. The van der Waals surface area contributed by atoms with Gasteiger partial charge in [-0.15, -0.1) is 12.6 Å². The van der Waals surface area contributed by atoms with Crippen molar-refractivity contribution < 1.29 is 35.7 Å². The van der Waals surface area contributed by atoms with Gasteiger partial charge in [-0.05, 0) is 12.8 Å². The Morgan fingerprint density at radius 3 is 1.79 bits per heavy atom. The third-order valence-electron chi connectivity index (χ3n) is 1.03. The van der Waals surface area contributed by atoms with E-state index in [0.717, 1.165) is 0 Å². The number of unbranched alkanes of at least 4 members (excludes halogenated alkanes) is 1. The van der Waals surface area contributed by atoms with Crippen LogP contribution in [-0.2, 0) is 18.2 Å². The lowest BCUT2D eigenvalue weighted by molar-refractivity contribution is 0.205. The average Bonchev–Trinajstić information content (AvgIpc) is 1.92. The van der Waals surface area contributed by atoms with Gasteiger partial charge in [0, 0.05) is 0 Å². The summed E-state index contributed by atoms with van der Waals surface area (Å²) in [6.45, 7) is -0.869. The summed E-state index contributed by atoms with van der Waals surface area (Å²) in [6.07, 6.45) is 0.0757. The minimum absolute atomic E-state index is 0.0256. The lowest BCUT2D eigenvalue weighted by Gasteiger charge is -2.03. The molecule has 10 heteroatoms. The van der Waals surface area contributed by atoms with Gasteiger partial charge in [0.15, 0.2) is 0 Å². The Bertz CT molecular complexity index is 221. The Balaban J connectivity index is 3.32. The second kappa shape index (κ2) is 5.88. The Morgan fingerprint density at radius 1 is 1.00 bits per heavy atom. The number of halogens is 3. The van der Waals surface area contributed by atoms with Crippen LogP contribution in [0.4, 0.5) is 12.6 Å². The third kappa shape index (κ3) is 12.1. The fourth-order valence-corrected chi connectivity index (χ4v) is 1.25. The van der Waals surface area contributed by atoms with Crippen LogP contribution in [0.3, 0.4) is 0 Å². The molecule has 0 heterocycles. The zero-order valence-corrected chi connectivity index (χ0v) is 8.73.